The van der Waals surface area contributed by atoms with Gasteiger partial charge in [-0.15, -0.1) is 0 Å². The summed E-state index contributed by atoms with van der Waals surface area (Å²) in [5.41, 5.74) is 0.788. The van der Waals surface area contributed by atoms with Gasteiger partial charge in [0.05, 0.1) is 0 Å². The fourth-order valence-electron chi connectivity index (χ4n) is 2.13. The first kappa shape index (κ1) is 11.1. The summed E-state index contributed by atoms with van der Waals surface area (Å²) in [6.45, 7) is 3.21. The van der Waals surface area contributed by atoms with Gasteiger partial charge in [0, 0.05) is 16.1 Å². The second-order valence-electron chi connectivity index (χ2n) is 4.30. The van der Waals surface area contributed by atoms with Crippen LogP contribution in [0.4, 0.5) is 4.39 Å². The van der Waals surface area contributed by atoms with Gasteiger partial charge in [-0.1, -0.05) is 22.9 Å². The molecule has 0 aromatic heterocycles. The van der Waals surface area contributed by atoms with Gasteiger partial charge in [-0.25, -0.2) is 4.39 Å². The van der Waals surface area contributed by atoms with E-state index in [1.54, 1.807) is 6.07 Å². The minimum absolute atomic E-state index is 0.107. The SMILES string of the molecule is CC1CCNC(c2cc(Br)ccc2F)C1. The summed E-state index contributed by atoms with van der Waals surface area (Å²) in [7, 11) is 0. The number of hydrogen-bond acceptors (Lipinski definition) is 1. The first-order valence-corrected chi connectivity index (χ1v) is 6.14. The topological polar surface area (TPSA) is 12.0 Å². The van der Waals surface area contributed by atoms with Gasteiger partial charge in [-0.05, 0) is 43.5 Å². The molecule has 2 unspecified atom stereocenters. The van der Waals surface area contributed by atoms with E-state index in [0.29, 0.717) is 5.92 Å². The Hall–Kier alpha value is -0.410. The maximum absolute atomic E-state index is 13.6. The highest BCUT2D eigenvalue weighted by Crippen LogP contribution is 2.30. The molecular weight excluding hydrogens is 257 g/mol. The lowest BCUT2D eigenvalue weighted by molar-refractivity contribution is 0.319. The Labute approximate surface area is 98.2 Å². The van der Waals surface area contributed by atoms with Crippen LogP contribution in [0.3, 0.4) is 0 Å². The van der Waals surface area contributed by atoms with E-state index in [1.807, 2.05) is 6.07 Å². The summed E-state index contributed by atoms with van der Waals surface area (Å²) in [4.78, 5) is 0. The van der Waals surface area contributed by atoms with Crippen LogP contribution in [0, 0.1) is 11.7 Å². The predicted octanol–water partition coefficient (Wildman–Crippen LogP) is 3.65. The lowest BCUT2D eigenvalue weighted by Gasteiger charge is -2.28. The summed E-state index contributed by atoms with van der Waals surface area (Å²) < 4.78 is 14.6. The number of halogens is 2. The molecule has 3 heteroatoms. The number of rotatable bonds is 1. The number of hydrogen-bond donors (Lipinski definition) is 1. The quantitative estimate of drug-likeness (QED) is 0.822. The molecule has 0 aliphatic carbocycles. The van der Waals surface area contributed by atoms with Gasteiger partial charge in [0.15, 0.2) is 0 Å². The van der Waals surface area contributed by atoms with Crippen LogP contribution in [0.1, 0.15) is 31.4 Å². The molecule has 0 radical (unpaired) electrons. The van der Waals surface area contributed by atoms with Crippen LogP contribution >= 0.6 is 15.9 Å². The molecule has 0 amide bonds. The largest absolute Gasteiger partial charge is 0.310 e. The zero-order valence-corrected chi connectivity index (χ0v) is 10.3. The molecule has 1 nitrogen and oxygen atoms in total. The lowest BCUT2D eigenvalue weighted by atomic mass is 9.90. The third kappa shape index (κ3) is 2.58. The minimum Gasteiger partial charge on any atom is -0.310 e. The highest BCUT2D eigenvalue weighted by Gasteiger charge is 2.22. The molecule has 1 heterocycles. The molecule has 2 atom stereocenters. The van der Waals surface area contributed by atoms with Crippen LogP contribution in [0.15, 0.2) is 22.7 Å². The Morgan fingerprint density at radius 2 is 2.27 bits per heavy atom. The summed E-state index contributed by atoms with van der Waals surface area (Å²) in [6.07, 6.45) is 2.21. The highest BCUT2D eigenvalue weighted by atomic mass is 79.9. The second kappa shape index (κ2) is 4.62. The Balaban J connectivity index is 2.24. The fourth-order valence-corrected chi connectivity index (χ4v) is 2.50. The van der Waals surface area contributed by atoms with E-state index in [9.17, 15) is 4.39 Å². The number of piperidine rings is 1. The maximum Gasteiger partial charge on any atom is 0.128 e. The van der Waals surface area contributed by atoms with E-state index in [0.717, 1.165) is 23.0 Å². The second-order valence-corrected chi connectivity index (χ2v) is 5.22. The molecule has 1 aromatic rings. The fraction of sp³-hybridized carbons (Fsp3) is 0.500. The Morgan fingerprint density at radius 3 is 3.00 bits per heavy atom. The predicted molar refractivity (Wildman–Crippen MR) is 63.2 cm³/mol. The molecule has 15 heavy (non-hydrogen) atoms. The van der Waals surface area contributed by atoms with Crippen LogP contribution in [-0.2, 0) is 0 Å². The molecule has 1 saturated heterocycles. The first-order valence-electron chi connectivity index (χ1n) is 5.35. The summed E-state index contributed by atoms with van der Waals surface area (Å²) in [6, 6.07) is 5.32. The Kier molecular flexibility index (Phi) is 3.42. The maximum atomic E-state index is 13.6. The van der Waals surface area contributed by atoms with E-state index in [2.05, 4.69) is 28.2 Å². The average Bonchev–Trinajstić information content (AvgIpc) is 2.22. The lowest BCUT2D eigenvalue weighted by Crippen LogP contribution is -2.31. The van der Waals surface area contributed by atoms with Gasteiger partial charge in [-0.3, -0.25) is 0 Å². The summed E-state index contributed by atoms with van der Waals surface area (Å²) in [5, 5.41) is 3.37. The van der Waals surface area contributed by atoms with E-state index < -0.39 is 0 Å². The highest BCUT2D eigenvalue weighted by molar-refractivity contribution is 9.10. The molecular formula is C12H15BrFN. The summed E-state index contributed by atoms with van der Waals surface area (Å²) >= 11 is 3.38. The van der Waals surface area contributed by atoms with Crippen molar-refractivity contribution in [1.82, 2.24) is 5.32 Å². The van der Waals surface area contributed by atoms with E-state index in [1.165, 1.54) is 12.5 Å². The third-order valence-electron chi connectivity index (χ3n) is 3.00. The first-order chi connectivity index (χ1) is 7.16. The number of nitrogens with one attached hydrogen (secondary N) is 1. The minimum atomic E-state index is -0.107. The zero-order chi connectivity index (χ0) is 10.8. The Morgan fingerprint density at radius 1 is 1.47 bits per heavy atom. The van der Waals surface area contributed by atoms with Crippen LogP contribution in [-0.4, -0.2) is 6.54 Å². The van der Waals surface area contributed by atoms with Gasteiger partial charge in [0.2, 0.25) is 0 Å². The molecule has 0 spiro atoms. The molecule has 1 aromatic carbocycles. The standard InChI is InChI=1S/C12H15BrFN/c1-8-4-5-15-12(6-8)10-7-9(13)2-3-11(10)14/h2-3,7-8,12,15H,4-6H2,1H3. The van der Waals surface area contributed by atoms with Crippen LogP contribution in [0.2, 0.25) is 0 Å². The molecule has 1 aliphatic heterocycles. The van der Waals surface area contributed by atoms with E-state index in [-0.39, 0.29) is 11.9 Å². The van der Waals surface area contributed by atoms with Gasteiger partial charge in [-0.2, -0.15) is 0 Å². The molecule has 82 valence electrons. The van der Waals surface area contributed by atoms with Gasteiger partial charge in [0.25, 0.3) is 0 Å². The van der Waals surface area contributed by atoms with Crippen molar-refractivity contribution >= 4 is 15.9 Å². The molecule has 1 aliphatic rings. The number of benzene rings is 1. The van der Waals surface area contributed by atoms with Crippen molar-refractivity contribution in [3.63, 3.8) is 0 Å². The molecule has 1 fully saturated rings. The summed E-state index contributed by atoms with van der Waals surface area (Å²) in [5.74, 6) is 0.569. The average molecular weight is 272 g/mol. The van der Waals surface area contributed by atoms with Crippen molar-refractivity contribution in [3.05, 3.63) is 34.1 Å². The van der Waals surface area contributed by atoms with Gasteiger partial charge >= 0.3 is 0 Å². The van der Waals surface area contributed by atoms with Gasteiger partial charge < -0.3 is 5.32 Å². The van der Waals surface area contributed by atoms with Crippen molar-refractivity contribution in [2.75, 3.05) is 6.54 Å². The van der Waals surface area contributed by atoms with Crippen molar-refractivity contribution in [2.45, 2.75) is 25.8 Å². The van der Waals surface area contributed by atoms with Crippen molar-refractivity contribution in [2.24, 2.45) is 5.92 Å². The Bertz CT molecular complexity index is 353. The zero-order valence-electron chi connectivity index (χ0n) is 8.76. The van der Waals surface area contributed by atoms with Crippen LogP contribution < -0.4 is 5.32 Å². The van der Waals surface area contributed by atoms with Crippen molar-refractivity contribution < 1.29 is 4.39 Å². The van der Waals surface area contributed by atoms with E-state index in [4.69, 9.17) is 0 Å². The smallest absolute Gasteiger partial charge is 0.128 e. The van der Waals surface area contributed by atoms with Crippen LogP contribution in [0.5, 0.6) is 0 Å². The van der Waals surface area contributed by atoms with Crippen molar-refractivity contribution in [1.29, 1.82) is 0 Å². The van der Waals surface area contributed by atoms with Gasteiger partial charge in [0.1, 0.15) is 5.82 Å². The third-order valence-corrected chi connectivity index (χ3v) is 3.49. The normalized spacial score (nSPS) is 26.6. The molecule has 0 saturated carbocycles. The molecule has 1 N–H and O–H groups in total. The monoisotopic (exact) mass is 271 g/mol. The van der Waals surface area contributed by atoms with Crippen LogP contribution in [0.25, 0.3) is 0 Å². The molecule has 2 rings (SSSR count). The van der Waals surface area contributed by atoms with E-state index >= 15 is 0 Å². The van der Waals surface area contributed by atoms with Crippen molar-refractivity contribution in [3.8, 4) is 0 Å². The molecule has 0 bridgehead atoms.